The highest BCUT2D eigenvalue weighted by Crippen LogP contribution is 2.43. The maximum absolute atomic E-state index is 3.63. The van der Waals surface area contributed by atoms with Crippen molar-refractivity contribution in [3.8, 4) is 22.3 Å². The maximum Gasteiger partial charge on any atom is 0.0465 e. The Morgan fingerprint density at radius 2 is 1.14 bits per heavy atom. The summed E-state index contributed by atoms with van der Waals surface area (Å²) in [6, 6.07) is 18.7. The van der Waals surface area contributed by atoms with Crippen molar-refractivity contribution in [3.05, 3.63) is 70.9 Å². The van der Waals surface area contributed by atoms with Crippen molar-refractivity contribution in [1.29, 1.82) is 0 Å². The van der Waals surface area contributed by atoms with Crippen LogP contribution in [0.25, 0.3) is 33.2 Å². The van der Waals surface area contributed by atoms with Crippen LogP contribution < -0.4 is 9.80 Å². The Bertz CT molecular complexity index is 1350. The summed E-state index contributed by atoms with van der Waals surface area (Å²) in [7, 11) is 0. The lowest BCUT2D eigenvalue weighted by Gasteiger charge is -2.25. The van der Waals surface area contributed by atoms with Gasteiger partial charge in [0.05, 0.1) is 0 Å². The SMILES string of the molecule is CCc1c(-c2ccc(N(CC)CC)cc2C)c(-c2ccc(N(CC)CC)cc2C)cc2[nH]c(C)cc12. The number of aromatic nitrogens is 1. The van der Waals surface area contributed by atoms with E-state index in [1.54, 1.807) is 0 Å². The monoisotopic (exact) mass is 481 g/mol. The third-order valence-corrected chi connectivity index (χ3v) is 7.76. The van der Waals surface area contributed by atoms with E-state index in [9.17, 15) is 0 Å². The number of hydrogen-bond donors (Lipinski definition) is 1. The fourth-order valence-electron chi connectivity index (χ4n) is 5.82. The highest BCUT2D eigenvalue weighted by Gasteiger charge is 2.20. The van der Waals surface area contributed by atoms with Crippen LogP contribution in [-0.2, 0) is 6.42 Å². The molecule has 1 heterocycles. The number of H-pyrrole nitrogens is 1. The quantitative estimate of drug-likeness (QED) is 0.258. The summed E-state index contributed by atoms with van der Waals surface area (Å²) in [6.45, 7) is 22.0. The van der Waals surface area contributed by atoms with Gasteiger partial charge in [-0.05, 0) is 130 Å². The largest absolute Gasteiger partial charge is 0.372 e. The molecule has 1 aromatic heterocycles. The van der Waals surface area contributed by atoms with Crippen LogP contribution in [0.4, 0.5) is 11.4 Å². The van der Waals surface area contributed by atoms with E-state index >= 15 is 0 Å². The normalized spacial score (nSPS) is 11.3. The van der Waals surface area contributed by atoms with Gasteiger partial charge in [0.25, 0.3) is 0 Å². The topological polar surface area (TPSA) is 22.3 Å². The van der Waals surface area contributed by atoms with Gasteiger partial charge < -0.3 is 14.8 Å². The van der Waals surface area contributed by atoms with Gasteiger partial charge in [-0.2, -0.15) is 0 Å². The number of aromatic amines is 1. The van der Waals surface area contributed by atoms with Gasteiger partial charge in [-0.25, -0.2) is 0 Å². The molecule has 0 amide bonds. The molecule has 0 aliphatic rings. The molecule has 0 spiro atoms. The molecule has 0 saturated carbocycles. The third-order valence-electron chi connectivity index (χ3n) is 7.76. The highest BCUT2D eigenvalue weighted by atomic mass is 15.1. The number of aryl methyl sites for hydroxylation is 4. The minimum atomic E-state index is 0.991. The zero-order valence-electron chi connectivity index (χ0n) is 23.5. The number of nitrogens with zero attached hydrogens (tertiary/aromatic N) is 2. The molecule has 0 radical (unpaired) electrons. The second-order valence-corrected chi connectivity index (χ2v) is 9.89. The maximum atomic E-state index is 3.63. The number of fused-ring (bicyclic) bond motifs is 1. The summed E-state index contributed by atoms with van der Waals surface area (Å²) in [5.74, 6) is 0. The molecular weight excluding hydrogens is 438 g/mol. The third kappa shape index (κ3) is 4.64. The standard InChI is InChI=1S/C33H43N3/c1-9-27-30-20-24(8)34-32(30)21-31(28-16-14-25(18-22(28)6)35(10-2)11-3)33(27)29-17-15-26(19-23(29)7)36(12-4)13-5/h14-21,34H,9-13H2,1-8H3. The molecule has 0 atom stereocenters. The lowest BCUT2D eigenvalue weighted by molar-refractivity contribution is 0.865. The number of rotatable bonds is 9. The Labute approximate surface area is 218 Å². The molecule has 3 nitrogen and oxygen atoms in total. The first-order chi connectivity index (χ1) is 17.4. The Hall–Kier alpha value is -3.20. The molecule has 36 heavy (non-hydrogen) atoms. The summed E-state index contributed by atoms with van der Waals surface area (Å²) in [6.07, 6.45) is 0.991. The molecule has 0 bridgehead atoms. The van der Waals surface area contributed by atoms with Crippen LogP contribution in [0.5, 0.6) is 0 Å². The molecule has 3 heteroatoms. The van der Waals surface area contributed by atoms with E-state index in [0.717, 1.165) is 32.6 Å². The van der Waals surface area contributed by atoms with Crippen molar-refractivity contribution in [2.24, 2.45) is 0 Å². The number of nitrogens with one attached hydrogen (secondary N) is 1. The van der Waals surface area contributed by atoms with Gasteiger partial charge >= 0.3 is 0 Å². The van der Waals surface area contributed by atoms with Crippen molar-refractivity contribution in [3.63, 3.8) is 0 Å². The van der Waals surface area contributed by atoms with Crippen LogP contribution in [0, 0.1) is 20.8 Å². The van der Waals surface area contributed by atoms with E-state index in [1.165, 1.54) is 66.9 Å². The van der Waals surface area contributed by atoms with Crippen molar-refractivity contribution in [2.45, 2.75) is 61.8 Å². The van der Waals surface area contributed by atoms with Crippen LogP contribution in [0.15, 0.2) is 48.5 Å². The number of benzene rings is 3. The van der Waals surface area contributed by atoms with Crippen LogP contribution >= 0.6 is 0 Å². The van der Waals surface area contributed by atoms with E-state index < -0.39 is 0 Å². The van der Waals surface area contributed by atoms with Gasteiger partial charge in [-0.1, -0.05) is 19.1 Å². The van der Waals surface area contributed by atoms with Crippen molar-refractivity contribution in [2.75, 3.05) is 36.0 Å². The van der Waals surface area contributed by atoms with E-state index in [4.69, 9.17) is 0 Å². The molecule has 0 fully saturated rings. The second kappa shape index (κ2) is 10.8. The minimum absolute atomic E-state index is 0.991. The Morgan fingerprint density at radius 3 is 1.61 bits per heavy atom. The van der Waals surface area contributed by atoms with Gasteiger partial charge in [-0.15, -0.1) is 0 Å². The molecule has 3 aromatic carbocycles. The summed E-state index contributed by atoms with van der Waals surface area (Å²) >= 11 is 0. The van der Waals surface area contributed by atoms with Crippen LogP contribution in [-0.4, -0.2) is 31.2 Å². The summed E-state index contributed by atoms with van der Waals surface area (Å²) < 4.78 is 0. The molecule has 4 aromatic rings. The van der Waals surface area contributed by atoms with Crippen molar-refractivity contribution >= 4 is 22.3 Å². The molecule has 0 aliphatic heterocycles. The van der Waals surface area contributed by atoms with E-state index in [-0.39, 0.29) is 0 Å². The number of anilines is 2. The van der Waals surface area contributed by atoms with E-state index in [1.807, 2.05) is 0 Å². The van der Waals surface area contributed by atoms with Gasteiger partial charge in [0.2, 0.25) is 0 Å². The smallest absolute Gasteiger partial charge is 0.0465 e. The summed E-state index contributed by atoms with van der Waals surface area (Å²) in [4.78, 5) is 8.47. The fourth-order valence-corrected chi connectivity index (χ4v) is 5.82. The first-order valence-corrected chi connectivity index (χ1v) is 13.7. The molecule has 0 saturated heterocycles. The first kappa shape index (κ1) is 25.9. The van der Waals surface area contributed by atoms with Gasteiger partial charge in [0.1, 0.15) is 0 Å². The lowest BCUT2D eigenvalue weighted by atomic mass is 9.84. The predicted molar refractivity (Wildman–Crippen MR) is 160 cm³/mol. The molecular formula is C33H43N3. The second-order valence-electron chi connectivity index (χ2n) is 9.89. The molecule has 4 rings (SSSR count). The number of hydrogen-bond acceptors (Lipinski definition) is 2. The predicted octanol–water partition coefficient (Wildman–Crippen LogP) is 8.68. The van der Waals surface area contributed by atoms with Gasteiger partial charge in [0, 0.05) is 54.2 Å². The fraction of sp³-hybridized carbons (Fsp3) is 0.394. The average molecular weight is 482 g/mol. The molecule has 190 valence electrons. The van der Waals surface area contributed by atoms with Crippen molar-refractivity contribution in [1.82, 2.24) is 4.98 Å². The molecule has 0 unspecified atom stereocenters. The average Bonchev–Trinajstić information content (AvgIpc) is 3.24. The minimum Gasteiger partial charge on any atom is -0.372 e. The Morgan fingerprint density at radius 1 is 0.611 bits per heavy atom. The van der Waals surface area contributed by atoms with E-state index in [0.29, 0.717) is 0 Å². The zero-order valence-corrected chi connectivity index (χ0v) is 23.5. The van der Waals surface area contributed by atoms with E-state index in [2.05, 4.69) is 119 Å². The first-order valence-electron chi connectivity index (χ1n) is 13.7. The van der Waals surface area contributed by atoms with Crippen LogP contribution in [0.1, 0.15) is 57.0 Å². The molecule has 1 N–H and O–H groups in total. The highest BCUT2D eigenvalue weighted by molar-refractivity contribution is 6.00. The van der Waals surface area contributed by atoms with Crippen molar-refractivity contribution < 1.29 is 0 Å². The molecule has 0 aliphatic carbocycles. The summed E-state index contributed by atoms with van der Waals surface area (Å²) in [5.41, 5.74) is 14.5. The Balaban J connectivity index is 2.00. The van der Waals surface area contributed by atoms with Crippen LogP contribution in [0.2, 0.25) is 0 Å². The zero-order chi connectivity index (χ0) is 26.0. The van der Waals surface area contributed by atoms with Gasteiger partial charge in [0.15, 0.2) is 0 Å². The van der Waals surface area contributed by atoms with Crippen LogP contribution in [0.3, 0.4) is 0 Å². The summed E-state index contributed by atoms with van der Waals surface area (Å²) in [5, 5.41) is 1.35. The lowest BCUT2D eigenvalue weighted by Crippen LogP contribution is -2.21. The Kier molecular flexibility index (Phi) is 7.78. The van der Waals surface area contributed by atoms with Gasteiger partial charge in [-0.3, -0.25) is 0 Å².